The van der Waals surface area contributed by atoms with Crippen LogP contribution in [0.1, 0.15) is 5.56 Å². The molecule has 3 N–H and O–H groups in total. The fourth-order valence-corrected chi connectivity index (χ4v) is 1.76. The molecule has 0 aliphatic rings. The zero-order chi connectivity index (χ0) is 14.5. The van der Waals surface area contributed by atoms with Crippen LogP contribution in [0.15, 0.2) is 42.5 Å². The van der Waals surface area contributed by atoms with Crippen molar-refractivity contribution in [2.24, 2.45) is 0 Å². The first-order valence-corrected chi connectivity index (χ1v) is 6.21. The number of aromatic hydroxyl groups is 1. The van der Waals surface area contributed by atoms with Crippen molar-refractivity contribution in [1.82, 2.24) is 5.32 Å². The molecular formula is C14H12ClFN2O2. The van der Waals surface area contributed by atoms with Gasteiger partial charge in [0.05, 0.1) is 5.69 Å². The lowest BCUT2D eigenvalue weighted by Crippen LogP contribution is -2.28. The summed E-state index contributed by atoms with van der Waals surface area (Å²) in [5.41, 5.74) is 0.557. The van der Waals surface area contributed by atoms with Gasteiger partial charge in [0.2, 0.25) is 0 Å². The first-order chi connectivity index (χ1) is 9.56. The number of halogens is 2. The molecule has 0 radical (unpaired) electrons. The number of benzene rings is 2. The van der Waals surface area contributed by atoms with E-state index in [9.17, 15) is 14.3 Å². The maximum absolute atomic E-state index is 13.4. The molecule has 0 spiro atoms. The minimum absolute atomic E-state index is 0.0415. The monoisotopic (exact) mass is 294 g/mol. The molecule has 0 saturated carbocycles. The number of carbonyl (C=O) groups excluding carboxylic acids is 1. The summed E-state index contributed by atoms with van der Waals surface area (Å²) in [5.74, 6) is -0.492. The van der Waals surface area contributed by atoms with Crippen molar-refractivity contribution in [3.05, 3.63) is 58.9 Å². The van der Waals surface area contributed by atoms with Gasteiger partial charge in [0.1, 0.15) is 11.6 Å². The van der Waals surface area contributed by atoms with Crippen LogP contribution in [0.5, 0.6) is 5.75 Å². The van der Waals surface area contributed by atoms with Gasteiger partial charge in [-0.3, -0.25) is 0 Å². The highest BCUT2D eigenvalue weighted by molar-refractivity contribution is 6.31. The van der Waals surface area contributed by atoms with Crippen molar-refractivity contribution in [2.45, 2.75) is 6.54 Å². The average molecular weight is 295 g/mol. The summed E-state index contributed by atoms with van der Waals surface area (Å²) in [6.07, 6.45) is 0. The Morgan fingerprint density at radius 1 is 1.25 bits per heavy atom. The predicted molar refractivity (Wildman–Crippen MR) is 75.4 cm³/mol. The van der Waals surface area contributed by atoms with Gasteiger partial charge in [-0.25, -0.2) is 9.18 Å². The molecule has 0 heterocycles. The highest BCUT2D eigenvalue weighted by Crippen LogP contribution is 2.26. The molecule has 0 fully saturated rings. The van der Waals surface area contributed by atoms with Crippen LogP contribution in [0.25, 0.3) is 0 Å². The maximum atomic E-state index is 13.4. The topological polar surface area (TPSA) is 61.4 Å². The largest absolute Gasteiger partial charge is 0.506 e. The molecule has 2 rings (SSSR count). The van der Waals surface area contributed by atoms with E-state index in [1.165, 1.54) is 24.3 Å². The van der Waals surface area contributed by atoms with Gasteiger partial charge in [0.25, 0.3) is 0 Å². The number of amides is 2. The van der Waals surface area contributed by atoms with Gasteiger partial charge in [-0.1, -0.05) is 29.8 Å². The molecule has 4 nitrogen and oxygen atoms in total. The van der Waals surface area contributed by atoms with E-state index in [1.807, 2.05) is 0 Å². The zero-order valence-electron chi connectivity index (χ0n) is 10.4. The van der Waals surface area contributed by atoms with Gasteiger partial charge in [-0.15, -0.1) is 0 Å². The molecule has 20 heavy (non-hydrogen) atoms. The molecule has 6 heteroatoms. The lowest BCUT2D eigenvalue weighted by molar-refractivity contribution is 0.251. The van der Waals surface area contributed by atoms with Crippen molar-refractivity contribution in [3.63, 3.8) is 0 Å². The highest BCUT2D eigenvalue weighted by Gasteiger charge is 2.08. The third-order valence-electron chi connectivity index (χ3n) is 2.60. The van der Waals surface area contributed by atoms with E-state index in [4.69, 9.17) is 11.6 Å². The molecule has 0 atom stereocenters. The number of urea groups is 1. The lowest BCUT2D eigenvalue weighted by atomic mass is 10.2. The smallest absolute Gasteiger partial charge is 0.319 e. The number of anilines is 1. The molecule has 0 aliphatic carbocycles. The number of hydrogen-bond acceptors (Lipinski definition) is 2. The summed E-state index contributed by atoms with van der Waals surface area (Å²) >= 11 is 5.76. The Morgan fingerprint density at radius 3 is 2.75 bits per heavy atom. The van der Waals surface area contributed by atoms with Crippen LogP contribution in [0.2, 0.25) is 5.02 Å². The van der Waals surface area contributed by atoms with Gasteiger partial charge in [-0.05, 0) is 24.3 Å². The minimum atomic E-state index is -0.564. The van der Waals surface area contributed by atoms with Gasteiger partial charge in [0.15, 0.2) is 0 Å². The zero-order valence-corrected chi connectivity index (χ0v) is 11.1. The van der Waals surface area contributed by atoms with Crippen LogP contribution in [0.3, 0.4) is 0 Å². The van der Waals surface area contributed by atoms with E-state index in [0.717, 1.165) is 0 Å². The predicted octanol–water partition coefficient (Wildman–Crippen LogP) is 3.51. The van der Waals surface area contributed by atoms with Crippen LogP contribution in [0, 0.1) is 5.82 Å². The summed E-state index contributed by atoms with van der Waals surface area (Å²) in [7, 11) is 0. The SMILES string of the molecule is O=C(NCc1ccccc1F)Nc1cc(Cl)ccc1O. The second-order valence-electron chi connectivity index (χ2n) is 4.06. The van der Waals surface area contributed by atoms with Crippen LogP contribution in [-0.2, 0) is 6.54 Å². The molecule has 0 saturated heterocycles. The van der Waals surface area contributed by atoms with Gasteiger partial charge < -0.3 is 15.7 Å². The van der Waals surface area contributed by atoms with Crippen molar-refractivity contribution >= 4 is 23.3 Å². The Hall–Kier alpha value is -2.27. The fourth-order valence-electron chi connectivity index (χ4n) is 1.59. The van der Waals surface area contributed by atoms with Crippen molar-refractivity contribution < 1.29 is 14.3 Å². The van der Waals surface area contributed by atoms with Crippen LogP contribution in [-0.4, -0.2) is 11.1 Å². The van der Waals surface area contributed by atoms with E-state index >= 15 is 0 Å². The average Bonchev–Trinajstić information content (AvgIpc) is 2.42. The van der Waals surface area contributed by atoms with E-state index in [-0.39, 0.29) is 18.0 Å². The molecule has 2 aromatic rings. The van der Waals surface area contributed by atoms with E-state index in [1.54, 1.807) is 18.2 Å². The summed E-state index contributed by atoms with van der Waals surface area (Å²) < 4.78 is 13.4. The fraction of sp³-hybridized carbons (Fsp3) is 0.0714. The summed E-state index contributed by atoms with van der Waals surface area (Å²) in [6, 6.07) is 9.87. The van der Waals surface area contributed by atoms with Crippen molar-refractivity contribution in [2.75, 3.05) is 5.32 Å². The number of rotatable bonds is 3. The Morgan fingerprint density at radius 2 is 2.00 bits per heavy atom. The molecular weight excluding hydrogens is 283 g/mol. The quantitative estimate of drug-likeness (QED) is 0.759. The molecule has 2 aromatic carbocycles. The Kier molecular flexibility index (Phi) is 4.42. The standard InChI is InChI=1S/C14H12ClFN2O2/c15-10-5-6-13(19)12(7-10)18-14(20)17-8-9-3-1-2-4-11(9)16/h1-7,19H,8H2,(H2,17,18,20). The van der Waals surface area contributed by atoms with Crippen LogP contribution in [0.4, 0.5) is 14.9 Å². The van der Waals surface area contributed by atoms with Crippen LogP contribution < -0.4 is 10.6 Å². The number of hydrogen-bond donors (Lipinski definition) is 3. The summed E-state index contributed by atoms with van der Waals surface area (Å²) in [6.45, 7) is 0.0415. The number of nitrogens with one attached hydrogen (secondary N) is 2. The van der Waals surface area contributed by atoms with E-state index in [2.05, 4.69) is 10.6 Å². The summed E-state index contributed by atoms with van der Waals surface area (Å²) in [5, 5.41) is 14.9. The Bertz CT molecular complexity index is 634. The van der Waals surface area contributed by atoms with Crippen LogP contribution >= 0.6 is 11.6 Å². The first kappa shape index (κ1) is 14.1. The van der Waals surface area contributed by atoms with Gasteiger partial charge in [0, 0.05) is 17.1 Å². The third-order valence-corrected chi connectivity index (χ3v) is 2.84. The Balaban J connectivity index is 1.96. The van der Waals surface area contributed by atoms with Gasteiger partial charge >= 0.3 is 6.03 Å². The molecule has 0 bridgehead atoms. The molecule has 0 aromatic heterocycles. The maximum Gasteiger partial charge on any atom is 0.319 e. The van der Waals surface area contributed by atoms with E-state index < -0.39 is 11.8 Å². The number of phenolic OH excluding ortho intramolecular Hbond substituents is 1. The molecule has 2 amide bonds. The normalized spacial score (nSPS) is 10.1. The third kappa shape index (κ3) is 3.61. The first-order valence-electron chi connectivity index (χ1n) is 5.83. The number of phenols is 1. The molecule has 104 valence electrons. The van der Waals surface area contributed by atoms with E-state index in [0.29, 0.717) is 10.6 Å². The molecule has 0 unspecified atom stereocenters. The second-order valence-corrected chi connectivity index (χ2v) is 4.50. The summed E-state index contributed by atoms with van der Waals surface area (Å²) in [4.78, 5) is 11.7. The van der Waals surface area contributed by atoms with Gasteiger partial charge in [-0.2, -0.15) is 0 Å². The van der Waals surface area contributed by atoms with Crippen molar-refractivity contribution in [1.29, 1.82) is 0 Å². The Labute approximate surface area is 120 Å². The van der Waals surface area contributed by atoms with Crippen molar-refractivity contribution in [3.8, 4) is 5.75 Å². The molecule has 0 aliphatic heterocycles. The minimum Gasteiger partial charge on any atom is -0.506 e. The number of carbonyl (C=O) groups is 1. The highest BCUT2D eigenvalue weighted by atomic mass is 35.5. The second kappa shape index (κ2) is 6.25. The lowest BCUT2D eigenvalue weighted by Gasteiger charge is -2.09.